The second-order valence-electron chi connectivity index (χ2n) is 15.1. The van der Waals surface area contributed by atoms with Gasteiger partial charge >= 0.3 is 0 Å². The van der Waals surface area contributed by atoms with Crippen LogP contribution in [-0.2, 0) is 31.8 Å². The summed E-state index contributed by atoms with van der Waals surface area (Å²) in [5.41, 5.74) is 4.78. The first-order valence-electron chi connectivity index (χ1n) is 20.5. The van der Waals surface area contributed by atoms with Crippen molar-refractivity contribution in [3.05, 3.63) is 128 Å². The number of ether oxygens (including phenoxy) is 6. The lowest BCUT2D eigenvalue weighted by Gasteiger charge is -2.40. The highest BCUT2D eigenvalue weighted by molar-refractivity contribution is 6.31. The van der Waals surface area contributed by atoms with Crippen molar-refractivity contribution >= 4 is 23.2 Å². The van der Waals surface area contributed by atoms with E-state index < -0.39 is 74.3 Å². The lowest BCUT2D eigenvalue weighted by atomic mass is 9.90. The van der Waals surface area contributed by atoms with Crippen LogP contribution in [-0.4, -0.2) is 143 Å². The molecule has 0 amide bonds. The third-order valence-corrected chi connectivity index (χ3v) is 11.3. The molecule has 0 aliphatic carbocycles. The van der Waals surface area contributed by atoms with E-state index in [-0.39, 0.29) is 13.2 Å². The Labute approximate surface area is 382 Å². The van der Waals surface area contributed by atoms with E-state index >= 15 is 0 Å². The van der Waals surface area contributed by atoms with E-state index in [0.29, 0.717) is 71.9 Å². The van der Waals surface area contributed by atoms with Gasteiger partial charge in [0, 0.05) is 10.0 Å². The molecule has 2 aliphatic heterocycles. The highest BCUT2D eigenvalue weighted by Crippen LogP contribution is 2.36. The van der Waals surface area contributed by atoms with E-state index in [0.717, 1.165) is 22.3 Å². The average Bonchev–Trinajstić information content (AvgIpc) is 3.30. The Morgan fingerprint density at radius 2 is 0.875 bits per heavy atom. The van der Waals surface area contributed by atoms with Crippen LogP contribution in [0.5, 0.6) is 11.5 Å². The molecule has 344 valence electrons. The van der Waals surface area contributed by atoms with Crippen LogP contribution < -0.4 is 9.47 Å². The van der Waals surface area contributed by atoms with E-state index in [4.69, 9.17) is 64.5 Å². The van der Waals surface area contributed by atoms with Gasteiger partial charge in [0.1, 0.15) is 99.0 Å². The SMILES string of the molecule is C#CCOCCOc1ccc(Cc2cc([C@@H]3O[C@H](CO)[C@@H](O)[C@H](O)[C@H]3O)ccc2Cl)cc1.C#CCOCCOc1ccc(Cc2cc([C@H]3O[C@H](CO)[C@@H](O)[C@H](O)[C@H]3O)ccc2Cl)cc1. The van der Waals surface area contributed by atoms with Crippen LogP contribution in [0.25, 0.3) is 0 Å². The summed E-state index contributed by atoms with van der Waals surface area (Å²) in [7, 11) is 0. The second kappa shape index (κ2) is 25.4. The summed E-state index contributed by atoms with van der Waals surface area (Å²) in [6, 6.07) is 25.5. The lowest BCUT2D eigenvalue weighted by molar-refractivity contribution is -0.231. The van der Waals surface area contributed by atoms with Crippen LogP contribution in [0.4, 0.5) is 0 Å². The summed E-state index contributed by atoms with van der Waals surface area (Å²) in [4.78, 5) is 0. The van der Waals surface area contributed by atoms with Crippen molar-refractivity contribution in [1.82, 2.24) is 0 Å². The Bertz CT molecular complexity index is 1970. The molecule has 0 saturated carbocycles. The molecule has 14 nitrogen and oxygen atoms in total. The molecule has 0 unspecified atom stereocenters. The molecule has 4 aromatic carbocycles. The Morgan fingerprint density at radius 1 is 0.500 bits per heavy atom. The Kier molecular flexibility index (Phi) is 20.1. The number of terminal acetylenes is 2. The summed E-state index contributed by atoms with van der Waals surface area (Å²) >= 11 is 12.8. The number of aliphatic hydroxyl groups is 8. The first kappa shape index (κ1) is 50.7. The van der Waals surface area contributed by atoms with Gasteiger partial charge in [0.25, 0.3) is 0 Å². The van der Waals surface area contributed by atoms with Crippen LogP contribution in [0.15, 0.2) is 84.9 Å². The second-order valence-corrected chi connectivity index (χ2v) is 15.9. The van der Waals surface area contributed by atoms with Crippen molar-refractivity contribution in [1.29, 1.82) is 0 Å². The average molecular weight is 926 g/mol. The highest BCUT2D eigenvalue weighted by Gasteiger charge is 2.45. The van der Waals surface area contributed by atoms with Gasteiger partial charge in [-0.3, -0.25) is 0 Å². The fraction of sp³-hybridized carbons (Fsp3) is 0.417. The quantitative estimate of drug-likeness (QED) is 0.0532. The van der Waals surface area contributed by atoms with Gasteiger partial charge in [0.2, 0.25) is 0 Å². The molecule has 0 bridgehead atoms. The summed E-state index contributed by atoms with van der Waals surface area (Å²) in [6.45, 7) is 1.16. The molecule has 4 aromatic rings. The molecule has 0 radical (unpaired) electrons. The number of hydrogen-bond donors (Lipinski definition) is 8. The van der Waals surface area contributed by atoms with Crippen molar-refractivity contribution in [2.45, 2.75) is 73.9 Å². The predicted octanol–water partition coefficient (Wildman–Crippen LogP) is 2.95. The minimum Gasteiger partial charge on any atom is -0.491 e. The van der Waals surface area contributed by atoms with Crippen molar-refractivity contribution in [3.8, 4) is 36.2 Å². The minimum atomic E-state index is -1.44. The van der Waals surface area contributed by atoms with Crippen molar-refractivity contribution < 1.29 is 69.3 Å². The van der Waals surface area contributed by atoms with Crippen LogP contribution in [0, 0.1) is 24.7 Å². The zero-order chi connectivity index (χ0) is 46.2. The van der Waals surface area contributed by atoms with Crippen molar-refractivity contribution in [2.24, 2.45) is 0 Å². The first-order chi connectivity index (χ1) is 30.9. The third-order valence-electron chi connectivity index (χ3n) is 10.6. The Morgan fingerprint density at radius 3 is 1.22 bits per heavy atom. The van der Waals surface area contributed by atoms with Crippen LogP contribution >= 0.6 is 23.2 Å². The summed E-state index contributed by atoms with van der Waals surface area (Å²) in [6.07, 6.45) is -0.833. The van der Waals surface area contributed by atoms with Gasteiger partial charge in [0.15, 0.2) is 0 Å². The Hall–Kier alpha value is -4.30. The lowest BCUT2D eigenvalue weighted by Crippen LogP contribution is -2.55. The molecule has 2 aliphatic rings. The van der Waals surface area contributed by atoms with Gasteiger partial charge in [0.05, 0.1) is 26.4 Å². The third kappa shape index (κ3) is 13.9. The highest BCUT2D eigenvalue weighted by atomic mass is 35.5. The van der Waals surface area contributed by atoms with Crippen LogP contribution in [0.1, 0.15) is 45.6 Å². The maximum absolute atomic E-state index is 10.4. The zero-order valence-electron chi connectivity index (χ0n) is 34.9. The van der Waals surface area contributed by atoms with Crippen LogP contribution in [0.3, 0.4) is 0 Å². The number of hydrogen-bond acceptors (Lipinski definition) is 14. The van der Waals surface area contributed by atoms with E-state index in [9.17, 15) is 40.9 Å². The van der Waals surface area contributed by atoms with Crippen LogP contribution in [0.2, 0.25) is 10.0 Å². The molecule has 10 atom stereocenters. The molecule has 0 spiro atoms. The molecule has 64 heavy (non-hydrogen) atoms. The fourth-order valence-electron chi connectivity index (χ4n) is 7.11. The monoisotopic (exact) mass is 924 g/mol. The summed E-state index contributed by atoms with van der Waals surface area (Å²) in [5.74, 6) is 6.20. The van der Waals surface area contributed by atoms with Gasteiger partial charge in [-0.25, -0.2) is 0 Å². The molecule has 2 heterocycles. The van der Waals surface area contributed by atoms with Gasteiger partial charge in [-0.2, -0.15) is 0 Å². The largest absolute Gasteiger partial charge is 0.491 e. The van der Waals surface area contributed by atoms with Gasteiger partial charge < -0.3 is 69.3 Å². The molecule has 0 aromatic heterocycles. The molecular formula is C48H54Cl2O14. The summed E-state index contributed by atoms with van der Waals surface area (Å²) < 4.78 is 32.8. The fourth-order valence-corrected chi connectivity index (χ4v) is 7.48. The first-order valence-corrected chi connectivity index (χ1v) is 21.3. The van der Waals surface area contributed by atoms with E-state index in [1.54, 1.807) is 36.4 Å². The smallest absolute Gasteiger partial charge is 0.119 e. The standard InChI is InChI=1S/2C24H27ClO7/c2*1-2-9-30-10-11-31-18-6-3-15(4-7-18)12-17-13-16(5-8-19(17)25)24-23(29)22(28)21(27)20(14-26)32-24/h2*1,3-8,13,20-24,26-29H,9-12,14H2/t20-,21-,22+,23-,24+;20-,21-,22+,23-,24-/m11/s1. The number of aliphatic hydroxyl groups excluding tert-OH is 8. The minimum absolute atomic E-state index is 0.255. The number of benzene rings is 4. The molecule has 16 heteroatoms. The van der Waals surface area contributed by atoms with E-state index in [2.05, 4.69) is 11.8 Å². The maximum Gasteiger partial charge on any atom is 0.119 e. The molecule has 8 N–H and O–H groups in total. The maximum atomic E-state index is 10.4. The molecule has 2 saturated heterocycles. The van der Waals surface area contributed by atoms with Crippen molar-refractivity contribution in [3.63, 3.8) is 0 Å². The number of rotatable bonds is 18. The Balaban J connectivity index is 0.000000241. The van der Waals surface area contributed by atoms with Gasteiger partial charge in [-0.1, -0.05) is 83.6 Å². The van der Waals surface area contributed by atoms with Crippen molar-refractivity contribution in [2.75, 3.05) is 52.9 Å². The number of halogens is 2. The van der Waals surface area contributed by atoms with E-state index in [1.807, 2.05) is 48.5 Å². The normalized spacial score (nSPS) is 25.3. The molecule has 6 rings (SSSR count). The van der Waals surface area contributed by atoms with E-state index in [1.165, 1.54) is 0 Å². The van der Waals surface area contributed by atoms with Gasteiger partial charge in [-0.15, -0.1) is 12.8 Å². The summed E-state index contributed by atoms with van der Waals surface area (Å²) in [5, 5.41) is 80.8. The topological polar surface area (TPSA) is 217 Å². The zero-order valence-corrected chi connectivity index (χ0v) is 36.4. The molecular weight excluding hydrogens is 871 g/mol. The molecule has 2 fully saturated rings. The predicted molar refractivity (Wildman–Crippen MR) is 237 cm³/mol. The van der Waals surface area contributed by atoms with Gasteiger partial charge in [-0.05, 0) is 82.6 Å².